The second kappa shape index (κ2) is 8.00. The molecule has 3 aromatic rings. The van der Waals surface area contributed by atoms with Gasteiger partial charge in [-0.25, -0.2) is 0 Å². The second-order valence-electron chi connectivity index (χ2n) is 6.51. The number of benzene rings is 1. The molecule has 8 heteroatoms. The molecular weight excluding hydrogens is 392 g/mol. The van der Waals surface area contributed by atoms with Gasteiger partial charge in [0.15, 0.2) is 5.76 Å². The number of carbonyl (C=O) groups excluding carboxylic acids is 2. The van der Waals surface area contributed by atoms with Gasteiger partial charge in [-0.1, -0.05) is 0 Å². The molecule has 4 rings (SSSR count). The summed E-state index contributed by atoms with van der Waals surface area (Å²) in [6.45, 7) is 0. The molecule has 2 aromatic heterocycles. The highest BCUT2D eigenvalue weighted by Crippen LogP contribution is 2.40. The van der Waals surface area contributed by atoms with Crippen molar-refractivity contribution in [2.24, 2.45) is 0 Å². The zero-order valence-corrected chi connectivity index (χ0v) is 16.9. The summed E-state index contributed by atoms with van der Waals surface area (Å²) in [5.41, 5.74) is 1.98. The zero-order valence-electron chi connectivity index (χ0n) is 16.0. The lowest BCUT2D eigenvalue weighted by molar-refractivity contribution is 0.0997. The quantitative estimate of drug-likeness (QED) is 0.628. The Kier molecular flexibility index (Phi) is 5.26. The molecule has 29 heavy (non-hydrogen) atoms. The van der Waals surface area contributed by atoms with E-state index in [1.54, 1.807) is 37.4 Å². The number of fused-ring (bicyclic) bond motifs is 1. The molecule has 7 nitrogen and oxygen atoms in total. The van der Waals surface area contributed by atoms with Gasteiger partial charge >= 0.3 is 0 Å². The Balaban J connectivity index is 1.65. The van der Waals surface area contributed by atoms with Crippen molar-refractivity contribution >= 4 is 33.8 Å². The smallest absolute Gasteiger partial charge is 0.291 e. The Labute approximate surface area is 171 Å². The molecular formula is C21H20N2O5S. The van der Waals surface area contributed by atoms with Crippen molar-refractivity contribution in [1.82, 2.24) is 0 Å². The van der Waals surface area contributed by atoms with Gasteiger partial charge in [0.05, 0.1) is 31.7 Å². The molecule has 0 saturated heterocycles. The average molecular weight is 412 g/mol. The maximum atomic E-state index is 13.2. The minimum Gasteiger partial charge on any atom is -0.497 e. The van der Waals surface area contributed by atoms with Gasteiger partial charge in [0.1, 0.15) is 16.5 Å². The lowest BCUT2D eigenvalue weighted by Crippen LogP contribution is -2.18. The molecule has 150 valence electrons. The molecule has 2 amide bonds. The summed E-state index contributed by atoms with van der Waals surface area (Å²) >= 11 is 1.44. The average Bonchev–Trinajstić information content (AvgIpc) is 3.45. The van der Waals surface area contributed by atoms with E-state index >= 15 is 0 Å². The summed E-state index contributed by atoms with van der Waals surface area (Å²) in [5.74, 6) is 0.628. The monoisotopic (exact) mass is 412 g/mol. The van der Waals surface area contributed by atoms with Gasteiger partial charge in [-0.05, 0) is 49.1 Å². The third-order valence-electron chi connectivity index (χ3n) is 4.78. The van der Waals surface area contributed by atoms with Crippen LogP contribution in [0.1, 0.15) is 37.8 Å². The molecule has 1 aliphatic rings. The largest absolute Gasteiger partial charge is 0.497 e. The fourth-order valence-electron chi connectivity index (χ4n) is 3.40. The first kappa shape index (κ1) is 19.1. The first-order valence-corrected chi connectivity index (χ1v) is 9.95. The number of rotatable bonds is 6. The maximum Gasteiger partial charge on any atom is 0.291 e. The van der Waals surface area contributed by atoms with Crippen LogP contribution in [0.5, 0.6) is 11.5 Å². The van der Waals surface area contributed by atoms with E-state index in [1.165, 1.54) is 24.7 Å². The van der Waals surface area contributed by atoms with Crippen LogP contribution >= 0.6 is 11.3 Å². The molecule has 0 fully saturated rings. The highest BCUT2D eigenvalue weighted by molar-refractivity contribution is 7.17. The van der Waals surface area contributed by atoms with E-state index in [4.69, 9.17) is 13.9 Å². The lowest BCUT2D eigenvalue weighted by Gasteiger charge is -2.13. The summed E-state index contributed by atoms with van der Waals surface area (Å²) in [6, 6.07) is 8.41. The normalized spacial score (nSPS) is 12.3. The standard InChI is InChI=1S/C21H20N2O5S/c1-26-12-8-9-15(27-2)14(11-12)22-20(25)18-13-5-3-7-17(13)29-21(18)23-19(24)16-6-4-10-28-16/h4,6,8-11H,3,5,7H2,1-2H3,(H,22,25)(H,23,24). The number of carbonyl (C=O) groups is 2. The Morgan fingerprint density at radius 3 is 2.66 bits per heavy atom. The number of nitrogens with one attached hydrogen (secondary N) is 2. The van der Waals surface area contributed by atoms with Crippen LogP contribution in [0.15, 0.2) is 41.0 Å². The highest BCUT2D eigenvalue weighted by Gasteiger charge is 2.28. The van der Waals surface area contributed by atoms with Gasteiger partial charge < -0.3 is 24.5 Å². The van der Waals surface area contributed by atoms with E-state index in [1.807, 2.05) is 0 Å². The number of ether oxygens (including phenoxy) is 2. The number of hydrogen-bond donors (Lipinski definition) is 2. The van der Waals surface area contributed by atoms with Crippen molar-refractivity contribution in [3.63, 3.8) is 0 Å². The maximum absolute atomic E-state index is 13.2. The van der Waals surface area contributed by atoms with Crippen molar-refractivity contribution in [1.29, 1.82) is 0 Å². The summed E-state index contributed by atoms with van der Waals surface area (Å²) in [5, 5.41) is 6.26. The molecule has 2 heterocycles. The Morgan fingerprint density at radius 1 is 1.07 bits per heavy atom. The van der Waals surface area contributed by atoms with E-state index in [9.17, 15) is 9.59 Å². The van der Waals surface area contributed by atoms with Crippen LogP contribution < -0.4 is 20.1 Å². The zero-order chi connectivity index (χ0) is 20.4. The van der Waals surface area contributed by atoms with Gasteiger partial charge in [-0.2, -0.15) is 0 Å². The van der Waals surface area contributed by atoms with Gasteiger partial charge in [0, 0.05) is 10.9 Å². The van der Waals surface area contributed by atoms with Crippen LogP contribution in [0.25, 0.3) is 0 Å². The van der Waals surface area contributed by atoms with Crippen molar-refractivity contribution in [2.45, 2.75) is 19.3 Å². The van der Waals surface area contributed by atoms with Crippen LogP contribution in [0.2, 0.25) is 0 Å². The summed E-state index contributed by atoms with van der Waals surface area (Å²) < 4.78 is 15.8. The summed E-state index contributed by atoms with van der Waals surface area (Å²) in [7, 11) is 3.09. The van der Waals surface area contributed by atoms with Gasteiger partial charge in [0.25, 0.3) is 11.8 Å². The molecule has 0 unspecified atom stereocenters. The Morgan fingerprint density at radius 2 is 1.93 bits per heavy atom. The van der Waals surface area contributed by atoms with E-state index in [-0.39, 0.29) is 17.6 Å². The highest BCUT2D eigenvalue weighted by atomic mass is 32.1. The van der Waals surface area contributed by atoms with Crippen molar-refractivity contribution in [3.05, 3.63) is 58.4 Å². The fourth-order valence-corrected chi connectivity index (χ4v) is 4.68. The minimum atomic E-state index is -0.386. The number of hydrogen-bond acceptors (Lipinski definition) is 6. The van der Waals surface area contributed by atoms with Crippen LogP contribution in [-0.2, 0) is 12.8 Å². The third-order valence-corrected chi connectivity index (χ3v) is 5.98. The third kappa shape index (κ3) is 3.71. The number of amides is 2. The van der Waals surface area contributed by atoms with E-state index in [2.05, 4.69) is 10.6 Å². The molecule has 0 radical (unpaired) electrons. The van der Waals surface area contributed by atoms with E-state index < -0.39 is 0 Å². The first-order valence-electron chi connectivity index (χ1n) is 9.13. The van der Waals surface area contributed by atoms with Crippen LogP contribution in [0, 0.1) is 0 Å². The summed E-state index contributed by atoms with van der Waals surface area (Å²) in [4.78, 5) is 26.8. The molecule has 0 saturated carbocycles. The fraction of sp³-hybridized carbons (Fsp3) is 0.238. The van der Waals surface area contributed by atoms with Gasteiger partial charge in [-0.15, -0.1) is 11.3 Å². The van der Waals surface area contributed by atoms with Gasteiger partial charge in [-0.3, -0.25) is 9.59 Å². The molecule has 0 aliphatic heterocycles. The predicted octanol–water partition coefficient (Wildman–Crippen LogP) is 4.35. The molecule has 0 spiro atoms. The second-order valence-corrected chi connectivity index (χ2v) is 7.62. The topological polar surface area (TPSA) is 89.8 Å². The Bertz CT molecular complexity index is 1060. The van der Waals surface area contributed by atoms with Crippen LogP contribution in [0.3, 0.4) is 0 Å². The first-order chi connectivity index (χ1) is 14.1. The predicted molar refractivity (Wildman–Crippen MR) is 111 cm³/mol. The SMILES string of the molecule is COc1ccc(OC)c(NC(=O)c2c(NC(=O)c3ccco3)sc3c2CCC3)c1. The van der Waals surface area contributed by atoms with E-state index in [0.29, 0.717) is 27.8 Å². The summed E-state index contributed by atoms with van der Waals surface area (Å²) in [6.07, 6.45) is 4.14. The van der Waals surface area contributed by atoms with Gasteiger partial charge in [0.2, 0.25) is 0 Å². The number of methoxy groups -OCH3 is 2. The van der Waals surface area contributed by atoms with Crippen molar-refractivity contribution < 1.29 is 23.5 Å². The molecule has 2 N–H and O–H groups in total. The minimum absolute atomic E-state index is 0.194. The van der Waals surface area contributed by atoms with Crippen molar-refractivity contribution in [2.75, 3.05) is 24.9 Å². The lowest BCUT2D eigenvalue weighted by atomic mass is 10.1. The molecule has 1 aromatic carbocycles. The number of thiophene rings is 1. The van der Waals surface area contributed by atoms with Crippen LogP contribution in [0.4, 0.5) is 10.7 Å². The van der Waals surface area contributed by atoms with Crippen LogP contribution in [-0.4, -0.2) is 26.0 Å². The Hall–Kier alpha value is -3.26. The molecule has 1 aliphatic carbocycles. The van der Waals surface area contributed by atoms with E-state index in [0.717, 1.165) is 29.7 Å². The number of aryl methyl sites for hydroxylation is 1. The number of furan rings is 1. The number of anilines is 2. The molecule has 0 atom stereocenters. The van der Waals surface area contributed by atoms with Crippen molar-refractivity contribution in [3.8, 4) is 11.5 Å². The molecule has 0 bridgehead atoms.